The summed E-state index contributed by atoms with van der Waals surface area (Å²) in [5, 5.41) is 9.37. The van der Waals surface area contributed by atoms with E-state index in [1.54, 1.807) is 6.92 Å². The summed E-state index contributed by atoms with van der Waals surface area (Å²) in [4.78, 5) is 0. The zero-order valence-corrected chi connectivity index (χ0v) is 12.7. The monoisotopic (exact) mass is 337 g/mol. The largest absolute Gasteiger partial charge is 1.00 e. The van der Waals surface area contributed by atoms with Gasteiger partial charge in [-0.05, 0) is 82.3 Å². The van der Waals surface area contributed by atoms with Crippen LogP contribution in [-0.2, 0) is 0 Å². The zero-order valence-electron chi connectivity index (χ0n) is 12.0. The molecular formula is C19H44ClNO. The van der Waals surface area contributed by atoms with Crippen LogP contribution in [0.1, 0.15) is 29.7 Å². The maximum absolute atomic E-state index is 9.37. The van der Waals surface area contributed by atoms with Crippen LogP contribution in [-0.4, -0.2) is 17.3 Å². The van der Waals surface area contributed by atoms with Crippen molar-refractivity contribution in [3.8, 4) is 0 Å². The zero-order chi connectivity index (χ0) is 15.8. The first-order valence-electron chi connectivity index (χ1n) is 5.80. The minimum Gasteiger partial charge on any atom is -1.00 e. The molecule has 2 atom stereocenters. The van der Waals surface area contributed by atoms with Crippen molar-refractivity contribution in [2.75, 3.05) is 0 Å². The van der Waals surface area contributed by atoms with Crippen LogP contribution in [0.2, 0.25) is 0 Å². The van der Waals surface area contributed by atoms with Gasteiger partial charge in [0, 0.05) is 28.9 Å². The molecule has 0 spiro atoms. The number of aliphatic hydroxyl groups is 1. The Labute approximate surface area is 159 Å². The van der Waals surface area contributed by atoms with Crippen LogP contribution < -0.4 is 18.1 Å². The first-order valence-corrected chi connectivity index (χ1v) is 5.80. The van der Waals surface area contributed by atoms with Gasteiger partial charge >= 0.3 is 0 Å². The molecule has 0 fully saturated rings. The van der Waals surface area contributed by atoms with E-state index in [2.05, 4.69) is 92.5 Å². The lowest BCUT2D eigenvalue weighted by atomic mass is 10.2. The van der Waals surface area contributed by atoms with Crippen LogP contribution in [0.25, 0.3) is 0 Å². The van der Waals surface area contributed by atoms with Crippen molar-refractivity contribution in [2.24, 2.45) is 0 Å². The van der Waals surface area contributed by atoms with Crippen molar-refractivity contribution >= 4 is 0 Å². The van der Waals surface area contributed by atoms with Crippen molar-refractivity contribution < 1.29 is 46.1 Å². The molecule has 0 aliphatic carbocycles. The van der Waals surface area contributed by atoms with Gasteiger partial charge < -0.3 is 23.2 Å². The van der Waals surface area contributed by atoms with Gasteiger partial charge in [0.15, 0.2) is 0 Å². The second-order valence-corrected chi connectivity index (χ2v) is 3.46. The van der Waals surface area contributed by atoms with E-state index in [1.165, 1.54) is 6.08 Å². The predicted octanol–water partition coefficient (Wildman–Crippen LogP) is 2.28. The minimum absolute atomic E-state index is 0. The lowest BCUT2D eigenvalue weighted by Crippen LogP contribution is -3.00. The van der Waals surface area contributed by atoms with Crippen molar-refractivity contribution in [1.82, 2.24) is 0 Å². The van der Waals surface area contributed by atoms with E-state index in [0.29, 0.717) is 0 Å². The predicted molar refractivity (Wildman–Crippen MR) is 112 cm³/mol. The molecule has 0 amide bonds. The minimum atomic E-state index is -0.655. The lowest BCUT2D eigenvalue weighted by molar-refractivity contribution is -0.427. The van der Waals surface area contributed by atoms with E-state index in [4.69, 9.17) is 0 Å². The van der Waals surface area contributed by atoms with Crippen LogP contribution in [0.4, 0.5) is 0 Å². The second-order valence-electron chi connectivity index (χ2n) is 3.46. The molecule has 0 saturated carbocycles. The van der Waals surface area contributed by atoms with Gasteiger partial charge in [-0.3, -0.25) is 0 Å². The Bertz CT molecular complexity index is 935. The van der Waals surface area contributed by atoms with E-state index in [-0.39, 0.29) is 41.3 Å². The molecule has 3 heteroatoms. The highest BCUT2D eigenvalue weighted by molar-refractivity contribution is 4.94. The highest BCUT2D eigenvalue weighted by atomic mass is 35.5. The number of aliphatic hydroxyl groups excluding tert-OH is 1. The molecule has 0 aliphatic rings. The number of halogens is 1. The Kier molecular flexibility index (Phi) is 15.3. The van der Waals surface area contributed by atoms with Crippen molar-refractivity contribution in [3.05, 3.63) is 92.9 Å². The Morgan fingerprint density at radius 3 is 1.59 bits per heavy atom. The second kappa shape index (κ2) is 15.9. The van der Waals surface area contributed by atoms with E-state index >= 15 is 0 Å². The van der Waals surface area contributed by atoms with Gasteiger partial charge in [0.05, 0.1) is 0 Å². The molecule has 0 aromatic carbocycles. The Balaban J connectivity index is -0.0000000147. The molecule has 4 N–H and O–H groups in total. The van der Waals surface area contributed by atoms with Gasteiger partial charge in [0.2, 0.25) is 0 Å². The summed E-state index contributed by atoms with van der Waals surface area (Å²) in [7, 11) is 0. The molecule has 0 radical (unpaired) electrons. The maximum Gasteiger partial charge on any atom is 0.131 e. The molecule has 0 aromatic rings. The van der Waals surface area contributed by atoms with E-state index < -0.39 is 6.10 Å². The number of rotatable bonds is 2. The maximum atomic E-state index is 9.37. The van der Waals surface area contributed by atoms with Gasteiger partial charge in [0.25, 0.3) is 0 Å². The van der Waals surface area contributed by atoms with Crippen LogP contribution in [0.3, 0.4) is 0 Å². The first-order chi connectivity index (χ1) is 10.2. The molecule has 0 aromatic heterocycles. The standard InChI is InChI=1S/C19H11NO.ClH.16H2/c1-3-4-5-6-7-8-9-10-11-12-13-14-15-16-17-19(21)18(2)20;;;;;;;;;;;;;;;;;/h17-19,21H,1,20H2,2H3;17*1H/t18-,19-;;;;;;;;;;;;;;;;;/m0................./s1. The fraction of sp³-hybridized carbons (Fsp3) is 0.158. The van der Waals surface area contributed by atoms with Crippen molar-refractivity contribution in [1.29, 1.82) is 0 Å². The Morgan fingerprint density at radius 2 is 1.23 bits per heavy atom. The molecule has 2 nitrogen and oxygen atoms in total. The van der Waals surface area contributed by atoms with Crippen LogP contribution in [0.15, 0.2) is 92.9 Å². The van der Waals surface area contributed by atoms with Gasteiger partial charge in [-0.2, -0.15) is 0 Å². The molecule has 0 saturated heterocycles. The Morgan fingerprint density at radius 1 is 0.864 bits per heavy atom. The average molecular weight is 338 g/mol. The number of hydrogen-bond acceptors (Lipinski definition) is 1. The highest BCUT2D eigenvalue weighted by Crippen LogP contribution is 1.86. The first kappa shape index (κ1) is 21.2. The number of hydrogen-bond donors (Lipinski definition) is 2. The van der Waals surface area contributed by atoms with Crippen LogP contribution >= 0.6 is 0 Å². The fourth-order valence-electron chi connectivity index (χ4n) is 0.684. The lowest BCUT2D eigenvalue weighted by Gasteiger charge is -2.02. The van der Waals surface area contributed by atoms with E-state index in [0.717, 1.165) is 0 Å². The van der Waals surface area contributed by atoms with Crippen LogP contribution in [0, 0.1) is 0 Å². The third kappa shape index (κ3) is 14.9. The summed E-state index contributed by atoms with van der Waals surface area (Å²) in [5.41, 5.74) is 38.5. The summed E-state index contributed by atoms with van der Waals surface area (Å²) in [6.07, 6.45) is 0.785. The summed E-state index contributed by atoms with van der Waals surface area (Å²) < 4.78 is 0. The fourth-order valence-corrected chi connectivity index (χ4v) is 0.684. The quantitative estimate of drug-likeness (QED) is 0.746. The Hall–Kier alpha value is -3.13. The summed E-state index contributed by atoms with van der Waals surface area (Å²) in [6.45, 7) is 5.09. The SMILES string of the molecule is C=C=C=C=C=C=C=C=C=C=C=C=C=C=C=C[C@H](O)[C@H](C)[NH3+].[Cl-].[HH].[HH].[HH].[HH].[HH].[HH].[HH].[HH].[HH].[HH].[HH].[HH].[HH].[HH].[HH].[HH]. The summed E-state index contributed by atoms with van der Waals surface area (Å²) >= 11 is 0. The van der Waals surface area contributed by atoms with Crippen molar-refractivity contribution in [3.63, 3.8) is 0 Å². The summed E-state index contributed by atoms with van der Waals surface area (Å²) in [5.74, 6) is 0. The topological polar surface area (TPSA) is 47.9 Å². The summed E-state index contributed by atoms with van der Waals surface area (Å²) in [6, 6.07) is -0.112. The van der Waals surface area contributed by atoms with Crippen LogP contribution in [0.5, 0.6) is 0 Å². The van der Waals surface area contributed by atoms with Gasteiger partial charge in [-0.15, -0.1) is 0 Å². The molecule has 0 heterocycles. The third-order valence-electron chi connectivity index (χ3n) is 1.69. The van der Waals surface area contributed by atoms with Crippen molar-refractivity contribution in [2.45, 2.75) is 19.1 Å². The molecule has 0 bridgehead atoms. The molecule has 138 valence electrons. The smallest absolute Gasteiger partial charge is 0.131 e. The number of quaternary nitrogens is 1. The normalized spacial score (nSPS) is 8.32. The average Bonchev–Trinajstić information content (AvgIpc) is 2.47. The molecule has 0 rings (SSSR count). The van der Waals surface area contributed by atoms with E-state index in [1.807, 2.05) is 0 Å². The molecule has 22 heavy (non-hydrogen) atoms. The molecule has 0 unspecified atom stereocenters. The highest BCUT2D eigenvalue weighted by Gasteiger charge is 2.06. The van der Waals surface area contributed by atoms with Gasteiger partial charge in [0.1, 0.15) is 12.1 Å². The van der Waals surface area contributed by atoms with Gasteiger partial charge in [-0.25, -0.2) is 0 Å². The molecular weight excluding hydrogens is 294 g/mol. The third-order valence-corrected chi connectivity index (χ3v) is 1.69. The van der Waals surface area contributed by atoms with Gasteiger partial charge in [-0.1, -0.05) is 11.5 Å². The van der Waals surface area contributed by atoms with E-state index in [9.17, 15) is 5.11 Å². The molecule has 0 aliphatic heterocycles.